The molecule has 5 N–H and O–H groups in total. The van der Waals surface area contributed by atoms with Gasteiger partial charge in [0.15, 0.2) is 0 Å². The number of benzene rings is 1. The first-order valence-electron chi connectivity index (χ1n) is 15.4. The summed E-state index contributed by atoms with van der Waals surface area (Å²) >= 11 is 0. The lowest BCUT2D eigenvalue weighted by Gasteiger charge is -2.39. The van der Waals surface area contributed by atoms with Gasteiger partial charge in [0.25, 0.3) is 0 Å². The molecule has 5 rings (SSSR count). The number of nitrogen functional groups attached to an aromatic ring is 1. The molecule has 1 saturated carbocycles. The Hall–Kier alpha value is -3.15. The maximum absolute atomic E-state index is 12.8. The molecular weight excluding hydrogens is 518 g/mol. The molecule has 11 nitrogen and oxygen atoms in total. The van der Waals surface area contributed by atoms with Crippen molar-refractivity contribution in [3.8, 4) is 0 Å². The lowest BCUT2D eigenvalue weighted by Crippen LogP contribution is -2.55. The second kappa shape index (κ2) is 15.2. The fraction of sp³-hybridized carbons (Fsp3) is 0.633. The van der Waals surface area contributed by atoms with Crippen LogP contribution in [0.5, 0.6) is 0 Å². The summed E-state index contributed by atoms with van der Waals surface area (Å²) in [4.78, 5) is 27.9. The first kappa shape index (κ1) is 29.3. The molecule has 2 amide bonds. The summed E-state index contributed by atoms with van der Waals surface area (Å²) in [5.41, 5.74) is 8.57. The average molecular weight is 566 g/mol. The summed E-state index contributed by atoms with van der Waals surface area (Å²) in [7, 11) is 0. The van der Waals surface area contributed by atoms with Crippen LogP contribution in [0.15, 0.2) is 30.3 Å². The minimum absolute atomic E-state index is 0.0986. The monoisotopic (exact) mass is 565 g/mol. The molecule has 224 valence electrons. The quantitative estimate of drug-likeness (QED) is 0.305. The molecule has 3 aliphatic rings. The Balaban J connectivity index is 1.02. The topological polar surface area (TPSA) is 124 Å². The highest BCUT2D eigenvalue weighted by molar-refractivity contribution is 5.75. The van der Waals surface area contributed by atoms with Crippen LogP contribution in [0.4, 0.5) is 22.4 Å². The number of carbonyl (C=O) groups is 1. The lowest BCUT2D eigenvalue weighted by atomic mass is 9.95. The number of nitrogens with zero attached hydrogens (tertiary/aromatic N) is 5. The Labute approximate surface area is 244 Å². The number of hydrogen-bond donors (Lipinski definition) is 4. The number of hydrogen-bond acceptors (Lipinski definition) is 9. The SMILES string of the molecule is Nc1cc(N2CCN(C(=O)N3CCOCC3)CC2)nc(NCc2ccc(CNCCCNC3CCCCC3)cc2)n1. The van der Waals surface area contributed by atoms with Crippen LogP contribution in [0, 0.1) is 0 Å². The number of ether oxygens (including phenoxy) is 1. The summed E-state index contributed by atoms with van der Waals surface area (Å²) in [6.45, 7) is 8.89. The van der Waals surface area contributed by atoms with Gasteiger partial charge < -0.3 is 41.1 Å². The van der Waals surface area contributed by atoms with Crippen molar-refractivity contribution in [3.63, 3.8) is 0 Å². The molecule has 0 atom stereocenters. The van der Waals surface area contributed by atoms with Gasteiger partial charge in [-0.2, -0.15) is 9.97 Å². The molecule has 2 aromatic rings. The van der Waals surface area contributed by atoms with Crippen molar-refractivity contribution < 1.29 is 9.53 Å². The van der Waals surface area contributed by atoms with Crippen LogP contribution >= 0.6 is 0 Å². The summed E-state index contributed by atoms with van der Waals surface area (Å²) in [5, 5.41) is 10.6. The number of carbonyl (C=O) groups excluding carboxylic acids is 1. The van der Waals surface area contributed by atoms with Gasteiger partial charge >= 0.3 is 6.03 Å². The second-order valence-electron chi connectivity index (χ2n) is 11.3. The third-order valence-electron chi connectivity index (χ3n) is 8.26. The third kappa shape index (κ3) is 8.92. The Morgan fingerprint density at radius 3 is 2.29 bits per heavy atom. The van der Waals surface area contributed by atoms with E-state index in [-0.39, 0.29) is 6.03 Å². The Morgan fingerprint density at radius 1 is 0.878 bits per heavy atom. The van der Waals surface area contributed by atoms with Gasteiger partial charge in [-0.15, -0.1) is 0 Å². The Bertz CT molecular complexity index is 1080. The van der Waals surface area contributed by atoms with Gasteiger partial charge in [-0.05, 0) is 43.5 Å². The molecule has 1 aromatic carbocycles. The predicted molar refractivity (Wildman–Crippen MR) is 163 cm³/mol. The number of nitrogens with one attached hydrogen (secondary N) is 3. The highest BCUT2D eigenvalue weighted by Gasteiger charge is 2.27. The van der Waals surface area contributed by atoms with Crippen molar-refractivity contribution in [1.82, 2.24) is 30.4 Å². The summed E-state index contributed by atoms with van der Waals surface area (Å²) in [6.07, 6.45) is 8.01. The van der Waals surface area contributed by atoms with Crippen molar-refractivity contribution in [2.45, 2.75) is 57.7 Å². The number of anilines is 3. The van der Waals surface area contributed by atoms with Crippen LogP contribution in [-0.4, -0.2) is 97.4 Å². The number of nitrogens with two attached hydrogens (primary N) is 1. The zero-order chi connectivity index (χ0) is 28.3. The van der Waals surface area contributed by atoms with E-state index in [9.17, 15) is 4.79 Å². The molecule has 11 heteroatoms. The predicted octanol–water partition coefficient (Wildman–Crippen LogP) is 2.65. The van der Waals surface area contributed by atoms with Crippen LogP contribution in [0.1, 0.15) is 49.7 Å². The highest BCUT2D eigenvalue weighted by atomic mass is 16.5. The molecule has 0 bridgehead atoms. The number of piperazine rings is 1. The largest absolute Gasteiger partial charge is 0.383 e. The maximum atomic E-state index is 12.8. The normalized spacial score (nSPS) is 18.5. The summed E-state index contributed by atoms with van der Waals surface area (Å²) < 4.78 is 5.37. The average Bonchev–Trinajstić information content (AvgIpc) is 3.02. The van der Waals surface area contributed by atoms with Crippen LogP contribution in [-0.2, 0) is 17.8 Å². The van der Waals surface area contributed by atoms with Crippen molar-refractivity contribution in [2.24, 2.45) is 0 Å². The fourth-order valence-corrected chi connectivity index (χ4v) is 5.79. The molecule has 0 spiro atoms. The smallest absolute Gasteiger partial charge is 0.320 e. The summed E-state index contributed by atoms with van der Waals surface area (Å²) in [5.74, 6) is 1.73. The van der Waals surface area contributed by atoms with E-state index in [0.717, 1.165) is 43.5 Å². The van der Waals surface area contributed by atoms with Gasteiger partial charge in [0, 0.05) is 64.5 Å². The van der Waals surface area contributed by atoms with Gasteiger partial charge in [0.05, 0.1) is 13.2 Å². The van der Waals surface area contributed by atoms with Crippen LogP contribution in [0.2, 0.25) is 0 Å². The van der Waals surface area contributed by atoms with Gasteiger partial charge in [-0.1, -0.05) is 43.5 Å². The van der Waals surface area contributed by atoms with E-state index in [4.69, 9.17) is 15.5 Å². The first-order valence-corrected chi connectivity index (χ1v) is 15.4. The molecule has 0 radical (unpaired) electrons. The van der Waals surface area contributed by atoms with E-state index < -0.39 is 0 Å². The van der Waals surface area contributed by atoms with E-state index in [1.807, 2.05) is 9.80 Å². The molecule has 0 unspecified atom stereocenters. The van der Waals surface area contributed by atoms with E-state index in [1.54, 1.807) is 6.07 Å². The molecule has 2 saturated heterocycles. The van der Waals surface area contributed by atoms with E-state index in [2.05, 4.69) is 50.1 Å². The summed E-state index contributed by atoms with van der Waals surface area (Å²) in [6, 6.07) is 11.3. The van der Waals surface area contributed by atoms with Crippen molar-refractivity contribution >= 4 is 23.6 Å². The molecular formula is C30H47N9O2. The highest BCUT2D eigenvalue weighted by Crippen LogP contribution is 2.20. The van der Waals surface area contributed by atoms with Crippen LogP contribution in [0.25, 0.3) is 0 Å². The number of morpholine rings is 1. The number of urea groups is 1. The Kier molecular flexibility index (Phi) is 10.9. The third-order valence-corrected chi connectivity index (χ3v) is 8.26. The van der Waals surface area contributed by atoms with Crippen LogP contribution < -0.4 is 26.6 Å². The van der Waals surface area contributed by atoms with Crippen molar-refractivity contribution in [2.75, 3.05) is 81.5 Å². The second-order valence-corrected chi connectivity index (χ2v) is 11.3. The van der Waals surface area contributed by atoms with Gasteiger partial charge in [0.1, 0.15) is 11.6 Å². The zero-order valence-electron chi connectivity index (χ0n) is 24.3. The minimum atomic E-state index is 0.0986. The van der Waals surface area contributed by atoms with E-state index in [1.165, 1.54) is 37.7 Å². The van der Waals surface area contributed by atoms with E-state index >= 15 is 0 Å². The fourth-order valence-electron chi connectivity index (χ4n) is 5.79. The zero-order valence-corrected chi connectivity index (χ0v) is 24.3. The molecule has 1 aliphatic carbocycles. The lowest BCUT2D eigenvalue weighted by molar-refractivity contribution is 0.0428. The number of amides is 2. The molecule has 2 aliphatic heterocycles. The Morgan fingerprint density at radius 2 is 1.56 bits per heavy atom. The molecule has 3 heterocycles. The van der Waals surface area contributed by atoms with Gasteiger partial charge in [-0.3, -0.25) is 0 Å². The first-order chi connectivity index (χ1) is 20.1. The number of aromatic nitrogens is 2. The maximum Gasteiger partial charge on any atom is 0.320 e. The standard InChI is InChI=1S/C30H47N9O2/c31-27-21-28(37-13-15-38(16-14-37)30(40)39-17-19-41-20-18-39)36-29(35-27)34-23-25-9-7-24(8-10-25)22-32-11-4-12-33-26-5-2-1-3-6-26/h7-10,21,26,32-33H,1-6,11-20,22-23H2,(H3,31,34,35,36). The van der Waals surface area contributed by atoms with Gasteiger partial charge in [0.2, 0.25) is 5.95 Å². The molecule has 1 aromatic heterocycles. The minimum Gasteiger partial charge on any atom is -0.383 e. The van der Waals surface area contributed by atoms with Crippen molar-refractivity contribution in [3.05, 3.63) is 41.5 Å². The van der Waals surface area contributed by atoms with E-state index in [0.29, 0.717) is 70.8 Å². The molecule has 3 fully saturated rings. The number of rotatable bonds is 11. The molecule has 41 heavy (non-hydrogen) atoms. The van der Waals surface area contributed by atoms with Gasteiger partial charge in [-0.25, -0.2) is 4.79 Å². The van der Waals surface area contributed by atoms with Crippen LogP contribution in [0.3, 0.4) is 0 Å². The van der Waals surface area contributed by atoms with Crippen molar-refractivity contribution in [1.29, 1.82) is 0 Å².